The highest BCUT2D eigenvalue weighted by Crippen LogP contribution is 2.23. The predicted molar refractivity (Wildman–Crippen MR) is 103 cm³/mol. The molecule has 0 bridgehead atoms. The molecule has 3 aromatic rings. The SMILES string of the molecule is COCC(=O)NC(C)c1nc2ccccc2n1Cc1cc(C)ccc1C. The van der Waals surface area contributed by atoms with Gasteiger partial charge in [-0.1, -0.05) is 35.9 Å². The number of aryl methyl sites for hydroxylation is 2. The molecule has 0 saturated carbocycles. The summed E-state index contributed by atoms with van der Waals surface area (Å²) in [6, 6.07) is 14.3. The maximum absolute atomic E-state index is 11.9. The maximum Gasteiger partial charge on any atom is 0.246 e. The number of amides is 1. The van der Waals surface area contributed by atoms with Gasteiger partial charge in [-0.3, -0.25) is 4.79 Å². The van der Waals surface area contributed by atoms with E-state index in [-0.39, 0.29) is 18.6 Å². The summed E-state index contributed by atoms with van der Waals surface area (Å²) in [4.78, 5) is 16.7. The molecule has 0 spiro atoms. The van der Waals surface area contributed by atoms with Gasteiger partial charge in [-0.05, 0) is 44.0 Å². The second-order valence-electron chi connectivity index (χ2n) is 6.70. The Labute approximate surface area is 154 Å². The monoisotopic (exact) mass is 351 g/mol. The molecule has 0 saturated heterocycles. The first-order chi connectivity index (χ1) is 12.5. The number of fused-ring (bicyclic) bond motifs is 1. The molecule has 1 aromatic heterocycles. The minimum atomic E-state index is -0.213. The first-order valence-electron chi connectivity index (χ1n) is 8.79. The average Bonchev–Trinajstić information content (AvgIpc) is 2.97. The standard InChI is InChI=1S/C21H25N3O2/c1-14-9-10-15(2)17(11-14)12-24-19-8-6-5-7-18(19)23-21(24)16(3)22-20(25)13-26-4/h5-11,16H,12-13H2,1-4H3,(H,22,25). The molecule has 1 heterocycles. The largest absolute Gasteiger partial charge is 0.375 e. The summed E-state index contributed by atoms with van der Waals surface area (Å²) >= 11 is 0. The Kier molecular flexibility index (Phi) is 5.38. The number of nitrogens with zero attached hydrogens (tertiary/aromatic N) is 2. The van der Waals surface area contributed by atoms with Crippen LogP contribution in [0.2, 0.25) is 0 Å². The molecule has 5 nitrogen and oxygen atoms in total. The second kappa shape index (κ2) is 7.70. The Bertz CT molecular complexity index is 930. The van der Waals surface area contributed by atoms with E-state index < -0.39 is 0 Å². The zero-order valence-electron chi connectivity index (χ0n) is 15.7. The van der Waals surface area contributed by atoms with Crippen molar-refractivity contribution in [1.29, 1.82) is 0 Å². The van der Waals surface area contributed by atoms with Crippen LogP contribution >= 0.6 is 0 Å². The van der Waals surface area contributed by atoms with Crippen LogP contribution in [0.4, 0.5) is 0 Å². The van der Waals surface area contributed by atoms with Gasteiger partial charge in [-0.2, -0.15) is 0 Å². The Balaban J connectivity index is 2.02. The smallest absolute Gasteiger partial charge is 0.246 e. The predicted octanol–water partition coefficient (Wildman–Crippen LogP) is 3.53. The summed E-state index contributed by atoms with van der Waals surface area (Å²) in [7, 11) is 1.51. The second-order valence-corrected chi connectivity index (χ2v) is 6.70. The summed E-state index contributed by atoms with van der Waals surface area (Å²) in [5, 5.41) is 2.96. The third-order valence-electron chi connectivity index (χ3n) is 4.56. The summed E-state index contributed by atoms with van der Waals surface area (Å²) in [6.45, 7) is 6.94. The van der Waals surface area contributed by atoms with Crippen LogP contribution in [0.5, 0.6) is 0 Å². The lowest BCUT2D eigenvalue weighted by molar-refractivity contribution is -0.125. The van der Waals surface area contributed by atoms with E-state index in [0.29, 0.717) is 6.54 Å². The zero-order valence-corrected chi connectivity index (χ0v) is 15.7. The van der Waals surface area contributed by atoms with Crippen molar-refractivity contribution in [3.05, 3.63) is 65.0 Å². The number of hydrogen-bond donors (Lipinski definition) is 1. The Morgan fingerprint density at radius 1 is 1.23 bits per heavy atom. The van der Waals surface area contributed by atoms with E-state index in [1.54, 1.807) is 0 Å². The van der Waals surface area contributed by atoms with Crippen LogP contribution in [0.15, 0.2) is 42.5 Å². The highest BCUT2D eigenvalue weighted by Gasteiger charge is 2.19. The van der Waals surface area contributed by atoms with Crippen molar-refractivity contribution >= 4 is 16.9 Å². The van der Waals surface area contributed by atoms with Crippen LogP contribution in [-0.4, -0.2) is 29.2 Å². The van der Waals surface area contributed by atoms with Gasteiger partial charge >= 0.3 is 0 Å². The molecule has 0 radical (unpaired) electrons. The van der Waals surface area contributed by atoms with Gasteiger partial charge in [-0.25, -0.2) is 4.98 Å². The number of carbonyl (C=O) groups is 1. The summed E-state index contributed by atoms with van der Waals surface area (Å²) in [6.07, 6.45) is 0. The number of carbonyl (C=O) groups excluding carboxylic acids is 1. The zero-order chi connectivity index (χ0) is 18.7. The lowest BCUT2D eigenvalue weighted by Crippen LogP contribution is -2.31. The summed E-state index contributed by atoms with van der Waals surface area (Å²) in [5.41, 5.74) is 5.73. The highest BCUT2D eigenvalue weighted by atomic mass is 16.5. The maximum atomic E-state index is 11.9. The topological polar surface area (TPSA) is 56.1 Å². The third-order valence-corrected chi connectivity index (χ3v) is 4.56. The van der Waals surface area contributed by atoms with Crippen molar-refractivity contribution in [2.45, 2.75) is 33.4 Å². The van der Waals surface area contributed by atoms with Gasteiger partial charge in [-0.15, -0.1) is 0 Å². The molecule has 0 aliphatic carbocycles. The average molecular weight is 351 g/mol. The normalized spacial score (nSPS) is 12.3. The van der Waals surface area contributed by atoms with Crippen molar-refractivity contribution in [2.24, 2.45) is 0 Å². The minimum Gasteiger partial charge on any atom is -0.375 e. The first-order valence-corrected chi connectivity index (χ1v) is 8.79. The molecule has 0 aliphatic heterocycles. The van der Waals surface area contributed by atoms with Crippen molar-refractivity contribution in [3.63, 3.8) is 0 Å². The molecule has 2 aromatic carbocycles. The van der Waals surface area contributed by atoms with E-state index in [1.807, 2.05) is 25.1 Å². The van der Waals surface area contributed by atoms with Gasteiger partial charge in [0.2, 0.25) is 5.91 Å². The van der Waals surface area contributed by atoms with E-state index >= 15 is 0 Å². The van der Waals surface area contributed by atoms with Crippen LogP contribution in [0.1, 0.15) is 35.5 Å². The van der Waals surface area contributed by atoms with E-state index in [9.17, 15) is 4.79 Å². The van der Waals surface area contributed by atoms with E-state index in [2.05, 4.69) is 48.0 Å². The van der Waals surface area contributed by atoms with Gasteiger partial charge in [0, 0.05) is 13.7 Å². The third kappa shape index (κ3) is 3.78. The molecule has 1 unspecified atom stereocenters. The van der Waals surface area contributed by atoms with Crippen LogP contribution < -0.4 is 5.32 Å². The molecule has 5 heteroatoms. The van der Waals surface area contributed by atoms with Crippen molar-refractivity contribution in [1.82, 2.24) is 14.9 Å². The van der Waals surface area contributed by atoms with Gasteiger partial charge in [0.1, 0.15) is 12.4 Å². The van der Waals surface area contributed by atoms with Gasteiger partial charge in [0.25, 0.3) is 0 Å². The molecule has 3 rings (SSSR count). The number of aromatic nitrogens is 2. The molecular weight excluding hydrogens is 326 g/mol. The highest BCUT2D eigenvalue weighted by molar-refractivity contribution is 5.78. The van der Waals surface area contributed by atoms with Gasteiger partial charge < -0.3 is 14.6 Å². The molecule has 136 valence electrons. The fourth-order valence-corrected chi connectivity index (χ4v) is 3.21. The van der Waals surface area contributed by atoms with Crippen LogP contribution in [0.3, 0.4) is 0 Å². The molecule has 0 aliphatic rings. The van der Waals surface area contributed by atoms with Crippen molar-refractivity contribution in [2.75, 3.05) is 13.7 Å². The number of para-hydroxylation sites is 2. The molecule has 1 N–H and O–H groups in total. The van der Waals surface area contributed by atoms with Crippen LogP contribution in [0, 0.1) is 13.8 Å². The molecule has 1 amide bonds. The molecule has 1 atom stereocenters. The number of hydrogen-bond acceptors (Lipinski definition) is 3. The van der Waals surface area contributed by atoms with E-state index in [0.717, 1.165) is 16.9 Å². The number of ether oxygens (including phenoxy) is 1. The van der Waals surface area contributed by atoms with E-state index in [4.69, 9.17) is 9.72 Å². The summed E-state index contributed by atoms with van der Waals surface area (Å²) < 4.78 is 7.10. The number of nitrogens with one attached hydrogen (secondary N) is 1. The van der Waals surface area contributed by atoms with Crippen LogP contribution in [-0.2, 0) is 16.1 Å². The van der Waals surface area contributed by atoms with E-state index in [1.165, 1.54) is 23.8 Å². The Morgan fingerprint density at radius 3 is 2.77 bits per heavy atom. The fraction of sp³-hybridized carbons (Fsp3) is 0.333. The summed E-state index contributed by atoms with van der Waals surface area (Å²) in [5.74, 6) is 0.696. The number of rotatable bonds is 6. The van der Waals surface area contributed by atoms with Crippen molar-refractivity contribution < 1.29 is 9.53 Å². The minimum absolute atomic E-state index is 0.0432. The lowest BCUT2D eigenvalue weighted by Gasteiger charge is -2.17. The number of benzene rings is 2. The number of imidazole rings is 1. The molecular formula is C21H25N3O2. The molecule has 0 fully saturated rings. The lowest BCUT2D eigenvalue weighted by atomic mass is 10.1. The first kappa shape index (κ1) is 18.1. The van der Waals surface area contributed by atoms with Crippen LogP contribution in [0.25, 0.3) is 11.0 Å². The van der Waals surface area contributed by atoms with Gasteiger partial charge in [0.15, 0.2) is 0 Å². The molecule has 26 heavy (non-hydrogen) atoms. The quantitative estimate of drug-likeness (QED) is 0.739. The number of methoxy groups -OCH3 is 1. The van der Waals surface area contributed by atoms with Crippen molar-refractivity contribution in [3.8, 4) is 0 Å². The fourth-order valence-electron chi connectivity index (χ4n) is 3.21. The van der Waals surface area contributed by atoms with Gasteiger partial charge in [0.05, 0.1) is 17.1 Å². The Hall–Kier alpha value is -2.66. The Morgan fingerprint density at radius 2 is 2.00 bits per heavy atom.